The third-order valence-corrected chi connectivity index (χ3v) is 1.09. The van der Waals surface area contributed by atoms with Crippen LogP contribution >= 0.6 is 0 Å². The van der Waals surface area contributed by atoms with Gasteiger partial charge in [0.15, 0.2) is 0 Å². The van der Waals surface area contributed by atoms with Crippen LogP contribution in [0.3, 0.4) is 0 Å². The van der Waals surface area contributed by atoms with Crippen LogP contribution in [0.25, 0.3) is 0 Å². The predicted octanol–water partition coefficient (Wildman–Crippen LogP) is 0.495. The molecule has 0 aromatic heterocycles. The van der Waals surface area contributed by atoms with E-state index in [0.29, 0.717) is 0 Å². The average Bonchev–Trinajstić information content (AvgIpc) is 2.05. The number of benzene rings is 1. The molecular formula is C7H9NO3. The molecule has 4 nitrogen and oxygen atoms in total. The summed E-state index contributed by atoms with van der Waals surface area (Å²) in [6.45, 7) is 0. The zero-order chi connectivity index (χ0) is 7.40. The van der Waals surface area contributed by atoms with Crippen LogP contribution < -0.4 is 11.4 Å². The van der Waals surface area contributed by atoms with Gasteiger partial charge in [0.1, 0.15) is 0 Å². The molecule has 0 fully saturated rings. The van der Waals surface area contributed by atoms with Crippen LogP contribution in [0, 0.1) is 0 Å². The van der Waals surface area contributed by atoms with Crippen molar-refractivity contribution in [3.8, 4) is 0 Å². The molecular weight excluding hydrogens is 146 g/mol. The second kappa shape index (κ2) is 4.43. The summed E-state index contributed by atoms with van der Waals surface area (Å²) in [5.74, 6) is -0.847. The molecule has 0 amide bonds. The first kappa shape index (κ1) is 9.61. The highest BCUT2D eigenvalue weighted by Crippen LogP contribution is 1.98. The van der Waals surface area contributed by atoms with Gasteiger partial charge in [-0.2, -0.15) is 0 Å². The number of quaternary nitrogens is 1. The largest absolute Gasteiger partial charge is 0.661 e. The maximum atomic E-state index is 10.5. The molecule has 1 aromatic carbocycles. The highest BCUT2D eigenvalue weighted by atomic mass is 17.1. The summed E-state index contributed by atoms with van der Waals surface area (Å²) in [5, 5.41) is 9.58. The van der Waals surface area contributed by atoms with E-state index in [1.165, 1.54) is 12.1 Å². The monoisotopic (exact) mass is 155 g/mol. The average molecular weight is 155 g/mol. The lowest BCUT2D eigenvalue weighted by atomic mass is 10.2. The van der Waals surface area contributed by atoms with Gasteiger partial charge in [-0.15, -0.1) is 0 Å². The smallest absolute Gasteiger partial charge is 0.332 e. The van der Waals surface area contributed by atoms with E-state index in [1.807, 2.05) is 0 Å². The van der Waals surface area contributed by atoms with Crippen molar-refractivity contribution in [1.82, 2.24) is 6.15 Å². The second-order valence-electron chi connectivity index (χ2n) is 1.74. The van der Waals surface area contributed by atoms with Crippen LogP contribution in [0.4, 0.5) is 0 Å². The predicted molar refractivity (Wildman–Crippen MR) is 37.8 cm³/mol. The Bertz CT molecular complexity index is 222. The summed E-state index contributed by atoms with van der Waals surface area (Å²) in [6.07, 6.45) is 0. The standard InChI is InChI=1S/C7H6O3.H3N/c8-7(10-9)6-4-2-1-3-5-6;/h1-5,9H;1H3. The Morgan fingerprint density at radius 2 is 1.82 bits per heavy atom. The molecule has 0 aliphatic carbocycles. The second-order valence-corrected chi connectivity index (χ2v) is 1.74. The molecule has 0 spiro atoms. The van der Waals surface area contributed by atoms with Crippen molar-refractivity contribution in [3.05, 3.63) is 35.9 Å². The maximum Gasteiger partial charge on any atom is 0.332 e. The summed E-state index contributed by atoms with van der Waals surface area (Å²) < 4.78 is 0. The fourth-order valence-corrected chi connectivity index (χ4v) is 0.622. The van der Waals surface area contributed by atoms with Crippen LogP contribution in [0.2, 0.25) is 0 Å². The van der Waals surface area contributed by atoms with E-state index in [4.69, 9.17) is 0 Å². The minimum atomic E-state index is -0.847. The molecule has 0 saturated heterocycles. The summed E-state index contributed by atoms with van der Waals surface area (Å²) in [4.78, 5) is 13.7. The highest BCUT2D eigenvalue weighted by Gasteiger charge is 1.98. The van der Waals surface area contributed by atoms with E-state index in [0.717, 1.165) is 0 Å². The molecule has 0 heterocycles. The van der Waals surface area contributed by atoms with Gasteiger partial charge in [0.2, 0.25) is 0 Å². The number of rotatable bonds is 1. The van der Waals surface area contributed by atoms with Crippen molar-refractivity contribution in [3.63, 3.8) is 0 Å². The molecule has 0 unspecified atom stereocenters. The van der Waals surface area contributed by atoms with Crippen molar-refractivity contribution in [2.24, 2.45) is 0 Å². The molecule has 60 valence electrons. The van der Waals surface area contributed by atoms with Gasteiger partial charge in [-0.1, -0.05) is 18.2 Å². The number of carbonyl (C=O) groups excluding carboxylic acids is 1. The third-order valence-electron chi connectivity index (χ3n) is 1.09. The minimum Gasteiger partial charge on any atom is -0.661 e. The van der Waals surface area contributed by atoms with Gasteiger partial charge in [0.05, 0.1) is 5.56 Å². The first-order valence-corrected chi connectivity index (χ1v) is 2.74. The third kappa shape index (κ3) is 2.37. The molecule has 0 bridgehead atoms. The molecule has 0 radical (unpaired) electrons. The van der Waals surface area contributed by atoms with Crippen molar-refractivity contribution in [2.45, 2.75) is 0 Å². The molecule has 0 aliphatic rings. The molecule has 11 heavy (non-hydrogen) atoms. The maximum absolute atomic E-state index is 10.5. The van der Waals surface area contributed by atoms with Gasteiger partial charge in [-0.3, -0.25) is 0 Å². The van der Waals surface area contributed by atoms with Gasteiger partial charge in [-0.05, 0) is 12.1 Å². The Labute approximate surface area is 63.9 Å². The molecule has 0 atom stereocenters. The SMILES string of the molecule is O=C(O[O-])c1ccccc1.[NH4+]. The lowest BCUT2D eigenvalue weighted by Gasteiger charge is -2.04. The summed E-state index contributed by atoms with van der Waals surface area (Å²) in [7, 11) is 0. The van der Waals surface area contributed by atoms with Gasteiger partial charge >= 0.3 is 5.97 Å². The molecule has 0 saturated carbocycles. The first-order chi connectivity index (χ1) is 4.84. The van der Waals surface area contributed by atoms with E-state index in [2.05, 4.69) is 4.89 Å². The Balaban J connectivity index is 0.000001000. The van der Waals surface area contributed by atoms with E-state index >= 15 is 0 Å². The van der Waals surface area contributed by atoms with Crippen molar-refractivity contribution in [2.75, 3.05) is 0 Å². The fraction of sp³-hybridized carbons (Fsp3) is 0. The molecule has 4 heteroatoms. The van der Waals surface area contributed by atoms with Crippen LogP contribution in [0.15, 0.2) is 30.3 Å². The van der Waals surface area contributed by atoms with Crippen LogP contribution in [-0.4, -0.2) is 5.97 Å². The Kier molecular flexibility index (Phi) is 3.87. The summed E-state index contributed by atoms with van der Waals surface area (Å²) in [6, 6.07) is 8.10. The van der Waals surface area contributed by atoms with Crippen LogP contribution in [0.5, 0.6) is 0 Å². The molecule has 0 aliphatic heterocycles. The normalized spacial score (nSPS) is 8.09. The van der Waals surface area contributed by atoms with E-state index < -0.39 is 5.97 Å². The van der Waals surface area contributed by atoms with Gasteiger partial charge < -0.3 is 16.3 Å². The zero-order valence-corrected chi connectivity index (χ0v) is 6.11. The van der Waals surface area contributed by atoms with Gasteiger partial charge in [0.25, 0.3) is 0 Å². The van der Waals surface area contributed by atoms with Crippen molar-refractivity contribution >= 4 is 5.97 Å². The van der Waals surface area contributed by atoms with E-state index in [-0.39, 0.29) is 11.7 Å². The molecule has 1 rings (SSSR count). The van der Waals surface area contributed by atoms with E-state index in [9.17, 15) is 10.1 Å². The van der Waals surface area contributed by atoms with Crippen LogP contribution in [0.1, 0.15) is 10.4 Å². The molecule has 4 N–H and O–H groups in total. The zero-order valence-electron chi connectivity index (χ0n) is 6.11. The Hall–Kier alpha value is -1.39. The quantitative estimate of drug-likeness (QED) is 0.473. The van der Waals surface area contributed by atoms with E-state index in [1.54, 1.807) is 18.2 Å². The fourth-order valence-electron chi connectivity index (χ4n) is 0.622. The topological polar surface area (TPSA) is 85.9 Å². The molecule has 1 aromatic rings. The minimum absolute atomic E-state index is 0. The number of hydrogen-bond acceptors (Lipinski definition) is 3. The number of carbonyl (C=O) groups is 1. The Morgan fingerprint density at radius 3 is 2.27 bits per heavy atom. The highest BCUT2D eigenvalue weighted by molar-refractivity contribution is 5.88. The summed E-state index contributed by atoms with van der Waals surface area (Å²) >= 11 is 0. The Morgan fingerprint density at radius 1 is 1.27 bits per heavy atom. The lowest BCUT2D eigenvalue weighted by molar-refractivity contribution is -0.653. The lowest BCUT2D eigenvalue weighted by Crippen LogP contribution is -2.13. The summed E-state index contributed by atoms with van der Waals surface area (Å²) in [5.41, 5.74) is 0.275. The van der Waals surface area contributed by atoms with Gasteiger partial charge in [0, 0.05) is 0 Å². The van der Waals surface area contributed by atoms with Crippen molar-refractivity contribution in [1.29, 1.82) is 0 Å². The number of hydrogen-bond donors (Lipinski definition) is 1. The van der Waals surface area contributed by atoms with Gasteiger partial charge in [-0.25, -0.2) is 4.79 Å². The van der Waals surface area contributed by atoms with Crippen molar-refractivity contribution < 1.29 is 14.9 Å². The first-order valence-electron chi connectivity index (χ1n) is 2.74. The van der Waals surface area contributed by atoms with Crippen LogP contribution in [-0.2, 0) is 4.89 Å².